The van der Waals surface area contributed by atoms with E-state index >= 15 is 0 Å². The molecule has 3 aromatic heterocycles. The highest BCUT2D eigenvalue weighted by molar-refractivity contribution is 6.11. The van der Waals surface area contributed by atoms with E-state index in [-0.39, 0.29) is 11.8 Å². The van der Waals surface area contributed by atoms with Gasteiger partial charge >= 0.3 is 0 Å². The van der Waals surface area contributed by atoms with Gasteiger partial charge in [0.2, 0.25) is 0 Å². The molecule has 15 rings (SSSR count). The molecule has 1 fully saturated rings. The first-order chi connectivity index (χ1) is 38.2. The Kier molecular flexibility index (Phi) is 10.9. The zero-order valence-corrected chi connectivity index (χ0v) is 42.7. The standard InChI is InChI=1S/C71H54N6/c72-45-60-67(46-25-31-51(32-26-46)75-61-19-7-1-13-54(61)55-14-2-8-20-62(55)75)69(48-29-35-53(36-30-48)77-65-23-11-5-17-58(65)59-18-6-12-24-66(59)77)71(50-39-43-74-44-40-50)70(49-37-41-73-42-38-49)68(60)47-27-33-52(34-28-47)76-63-21-9-3-15-56(63)57-16-4-10-22-64(57)76/h1-36,43,49-50,73H,37-42,44H2. The zero-order chi connectivity index (χ0) is 51.0. The van der Waals surface area contributed by atoms with E-state index in [0.717, 1.165) is 95.8 Å². The summed E-state index contributed by atoms with van der Waals surface area (Å²) < 4.78 is 7.16. The highest BCUT2D eigenvalue weighted by Gasteiger charge is 2.35. The molecule has 0 radical (unpaired) electrons. The van der Waals surface area contributed by atoms with Crippen molar-refractivity contribution in [2.75, 3.05) is 19.6 Å². The fraction of sp³-hybridized carbons (Fsp3) is 0.127. The van der Waals surface area contributed by atoms with Gasteiger partial charge in [0.25, 0.3) is 0 Å². The van der Waals surface area contributed by atoms with E-state index in [0.29, 0.717) is 0 Å². The van der Waals surface area contributed by atoms with E-state index in [9.17, 15) is 5.26 Å². The lowest BCUT2D eigenvalue weighted by Crippen LogP contribution is -2.28. The number of rotatable bonds is 8. The average Bonchev–Trinajstić information content (AvgIpc) is 4.23. The number of nitrogens with one attached hydrogen (secondary N) is 1. The normalized spacial score (nSPS) is 15.1. The van der Waals surface area contributed by atoms with Crippen LogP contribution >= 0.6 is 0 Å². The van der Waals surface area contributed by atoms with Crippen LogP contribution in [0.5, 0.6) is 0 Å². The molecular weight excluding hydrogens is 937 g/mol. The molecule has 1 atom stereocenters. The van der Waals surface area contributed by atoms with Crippen LogP contribution in [-0.4, -0.2) is 39.6 Å². The molecule has 5 heterocycles. The minimum atomic E-state index is 0.198. The van der Waals surface area contributed by atoms with Gasteiger partial charge < -0.3 is 19.0 Å². The number of aromatic nitrogens is 3. The van der Waals surface area contributed by atoms with Crippen LogP contribution < -0.4 is 5.32 Å². The number of nitriles is 1. The number of piperidine rings is 1. The maximum absolute atomic E-state index is 12.2. The Hall–Kier alpha value is -9.28. The molecule has 0 amide bonds. The third kappa shape index (κ3) is 7.22. The molecule has 0 aliphatic carbocycles. The highest BCUT2D eigenvalue weighted by Crippen LogP contribution is 2.53. The van der Waals surface area contributed by atoms with Crippen molar-refractivity contribution < 1.29 is 0 Å². The number of aliphatic imine (C=N–C) groups is 1. The van der Waals surface area contributed by atoms with Gasteiger partial charge in [0, 0.05) is 67.1 Å². The summed E-state index contributed by atoms with van der Waals surface area (Å²) in [4.78, 5) is 4.84. The highest BCUT2D eigenvalue weighted by atomic mass is 15.0. The second-order valence-electron chi connectivity index (χ2n) is 21.0. The first kappa shape index (κ1) is 45.1. The van der Waals surface area contributed by atoms with Crippen LogP contribution in [0.15, 0.2) is 223 Å². The van der Waals surface area contributed by atoms with E-state index in [1.807, 2.05) is 0 Å². The molecule has 77 heavy (non-hydrogen) atoms. The quantitative estimate of drug-likeness (QED) is 0.165. The van der Waals surface area contributed by atoms with Crippen molar-refractivity contribution in [3.05, 3.63) is 235 Å². The summed E-state index contributed by atoms with van der Waals surface area (Å²) in [6.45, 7) is 2.63. The summed E-state index contributed by atoms with van der Waals surface area (Å²) in [7, 11) is 0. The minimum Gasteiger partial charge on any atom is -0.317 e. The van der Waals surface area contributed by atoms with Crippen LogP contribution in [0.25, 0.3) is 116 Å². The zero-order valence-electron chi connectivity index (χ0n) is 42.7. The van der Waals surface area contributed by atoms with Crippen molar-refractivity contribution in [1.82, 2.24) is 19.0 Å². The fourth-order valence-corrected chi connectivity index (χ4v) is 13.6. The van der Waals surface area contributed by atoms with Gasteiger partial charge in [-0.1, -0.05) is 146 Å². The Morgan fingerprint density at radius 1 is 0.377 bits per heavy atom. The Balaban J connectivity index is 0.998. The number of para-hydroxylation sites is 6. The van der Waals surface area contributed by atoms with E-state index in [2.05, 4.69) is 250 Å². The van der Waals surface area contributed by atoms with Gasteiger partial charge in [-0.15, -0.1) is 0 Å². The van der Waals surface area contributed by atoms with E-state index in [1.165, 1.54) is 82.1 Å². The van der Waals surface area contributed by atoms with E-state index in [4.69, 9.17) is 4.99 Å². The Morgan fingerprint density at radius 3 is 1.06 bits per heavy atom. The van der Waals surface area contributed by atoms with Gasteiger partial charge in [0.15, 0.2) is 0 Å². The summed E-state index contributed by atoms with van der Waals surface area (Å²) in [6, 6.07) is 82.7. The second kappa shape index (κ2) is 18.5. The van der Waals surface area contributed by atoms with Crippen molar-refractivity contribution in [3.8, 4) is 56.5 Å². The molecule has 0 saturated carbocycles. The van der Waals surface area contributed by atoms with Crippen LogP contribution in [-0.2, 0) is 0 Å². The fourth-order valence-electron chi connectivity index (χ4n) is 13.6. The Bertz CT molecular complexity index is 4360. The van der Waals surface area contributed by atoms with Crippen molar-refractivity contribution in [3.63, 3.8) is 0 Å². The largest absolute Gasteiger partial charge is 0.317 e. The predicted octanol–water partition coefficient (Wildman–Crippen LogP) is 17.3. The van der Waals surface area contributed by atoms with Crippen LogP contribution in [0.4, 0.5) is 0 Å². The maximum Gasteiger partial charge on any atom is 0.100 e. The van der Waals surface area contributed by atoms with Gasteiger partial charge in [0.05, 0.1) is 38.7 Å². The SMILES string of the molecule is N#Cc1c(-c2ccc(-n3c4ccccc4c4ccccc43)cc2)c(-c2ccc(-n3c4ccccc4c4ccccc43)cc2)c(C2CC=NCC2)c(C2CCNCC2)c1-c1ccc(-n2c3ccccc3c3ccccc32)cc1. The molecule has 6 heteroatoms. The van der Waals surface area contributed by atoms with Crippen molar-refractivity contribution in [2.45, 2.75) is 37.5 Å². The third-order valence-electron chi connectivity index (χ3n) is 17.0. The van der Waals surface area contributed by atoms with E-state index in [1.54, 1.807) is 0 Å². The van der Waals surface area contributed by atoms with Crippen LogP contribution in [0.3, 0.4) is 0 Å². The molecule has 0 bridgehead atoms. The number of hydrogen-bond donors (Lipinski definition) is 1. The minimum absolute atomic E-state index is 0.198. The Morgan fingerprint density at radius 2 is 0.714 bits per heavy atom. The summed E-state index contributed by atoms with van der Waals surface area (Å²) in [5.74, 6) is 0.440. The van der Waals surface area contributed by atoms with Gasteiger partial charge in [-0.05, 0) is 163 Å². The molecule has 1 saturated heterocycles. The molecule has 13 aromatic rings. The smallest absolute Gasteiger partial charge is 0.100 e. The van der Waals surface area contributed by atoms with Gasteiger partial charge in [-0.2, -0.15) is 5.26 Å². The summed E-state index contributed by atoms with van der Waals surface area (Å²) >= 11 is 0. The molecular formula is C71H54N6. The molecule has 2 aliphatic rings. The molecule has 368 valence electrons. The molecule has 10 aromatic carbocycles. The third-order valence-corrected chi connectivity index (χ3v) is 17.0. The Labute approximate surface area is 447 Å². The molecule has 1 N–H and O–H groups in total. The van der Waals surface area contributed by atoms with Crippen molar-refractivity contribution in [2.24, 2.45) is 4.99 Å². The van der Waals surface area contributed by atoms with Crippen molar-refractivity contribution in [1.29, 1.82) is 5.26 Å². The summed E-state index contributed by atoms with van der Waals surface area (Å²) in [5.41, 5.74) is 20.2. The maximum atomic E-state index is 12.2. The van der Waals surface area contributed by atoms with Crippen molar-refractivity contribution >= 4 is 71.6 Å². The molecule has 1 unspecified atom stereocenters. The van der Waals surface area contributed by atoms with Gasteiger partial charge in [-0.25, -0.2) is 0 Å². The molecule has 0 spiro atoms. The average molecular weight is 991 g/mol. The predicted molar refractivity (Wildman–Crippen MR) is 321 cm³/mol. The number of fused-ring (bicyclic) bond motifs is 9. The van der Waals surface area contributed by atoms with E-state index < -0.39 is 0 Å². The lowest BCUT2D eigenvalue weighted by atomic mass is 9.70. The first-order valence-electron chi connectivity index (χ1n) is 27.3. The van der Waals surface area contributed by atoms with Crippen LogP contribution in [0.2, 0.25) is 0 Å². The molecule has 2 aliphatic heterocycles. The number of benzene rings is 10. The lowest BCUT2D eigenvalue weighted by Gasteiger charge is -2.35. The first-order valence-corrected chi connectivity index (χ1v) is 27.3. The van der Waals surface area contributed by atoms with Gasteiger partial charge in [0.1, 0.15) is 6.07 Å². The molecule has 6 nitrogen and oxygen atoms in total. The number of hydrogen-bond acceptors (Lipinski definition) is 3. The summed E-state index contributed by atoms with van der Waals surface area (Å²) in [6.07, 6.45) is 5.92. The van der Waals surface area contributed by atoms with Gasteiger partial charge in [-0.3, -0.25) is 4.99 Å². The van der Waals surface area contributed by atoms with Crippen LogP contribution in [0, 0.1) is 11.3 Å². The monoisotopic (exact) mass is 990 g/mol. The topological polar surface area (TPSA) is 63.0 Å². The summed E-state index contributed by atoms with van der Waals surface area (Å²) in [5, 5.41) is 23.3. The number of nitrogens with zero attached hydrogens (tertiary/aromatic N) is 5. The van der Waals surface area contributed by atoms with Crippen LogP contribution in [0.1, 0.15) is 54.2 Å². The second-order valence-corrected chi connectivity index (χ2v) is 21.0. The lowest BCUT2D eigenvalue weighted by molar-refractivity contribution is 0.456.